The summed E-state index contributed by atoms with van der Waals surface area (Å²) in [7, 11) is 3.21. The van der Waals surface area contributed by atoms with Crippen molar-refractivity contribution in [1.82, 2.24) is 9.55 Å². The van der Waals surface area contributed by atoms with Gasteiger partial charge in [0.05, 0.1) is 26.8 Å². The average Bonchev–Trinajstić information content (AvgIpc) is 3.38. The molecule has 1 aromatic heterocycles. The third-order valence-electron chi connectivity index (χ3n) is 7.62. The maximum atomic E-state index is 12.7. The highest BCUT2D eigenvalue weighted by atomic mass is 32.2. The van der Waals surface area contributed by atoms with Gasteiger partial charge in [0.25, 0.3) is 5.56 Å². The monoisotopic (exact) mass is 636 g/mol. The van der Waals surface area contributed by atoms with Crippen LogP contribution in [-0.2, 0) is 24.5 Å². The van der Waals surface area contributed by atoms with E-state index in [4.69, 9.17) is 28.4 Å². The topological polar surface area (TPSA) is 130 Å². The molecular formula is C33H36N2O9S. The predicted molar refractivity (Wildman–Crippen MR) is 169 cm³/mol. The lowest BCUT2D eigenvalue weighted by molar-refractivity contribution is -0.132. The first kappa shape index (κ1) is 32.5. The number of methoxy groups -OCH3 is 2. The minimum absolute atomic E-state index is 0.103. The third-order valence-corrected chi connectivity index (χ3v) is 8.02. The number of aromatic nitrogens is 2. The van der Waals surface area contributed by atoms with Crippen LogP contribution in [-0.4, -0.2) is 72.8 Å². The lowest BCUT2D eigenvalue weighted by atomic mass is 9.80. The fraction of sp³-hybridized carbons (Fsp3) is 0.333. The Morgan fingerprint density at radius 3 is 2.04 bits per heavy atom. The lowest BCUT2D eigenvalue weighted by Gasteiger charge is -2.37. The van der Waals surface area contributed by atoms with Gasteiger partial charge in [-0.2, -0.15) is 0 Å². The molecule has 0 bridgehead atoms. The number of nitrogens with one attached hydrogen (secondary N) is 1. The Kier molecular flexibility index (Phi) is 10.8. The molecule has 4 atom stereocenters. The molecule has 0 unspecified atom stereocenters. The van der Waals surface area contributed by atoms with Crippen molar-refractivity contribution in [3.8, 4) is 11.5 Å². The highest BCUT2D eigenvalue weighted by Gasteiger charge is 2.48. The number of aromatic amines is 1. The summed E-state index contributed by atoms with van der Waals surface area (Å²) in [5.41, 5.74) is 0.0300. The number of nitrogens with zero attached hydrogens (tertiary/aromatic N) is 1. The fourth-order valence-electron chi connectivity index (χ4n) is 5.41. The predicted octanol–water partition coefficient (Wildman–Crippen LogP) is 3.50. The zero-order valence-electron chi connectivity index (χ0n) is 25.2. The Hall–Kier alpha value is -3.91. The van der Waals surface area contributed by atoms with Crippen LogP contribution in [0.3, 0.4) is 0 Å². The first-order valence-corrected chi connectivity index (χ1v) is 15.6. The summed E-state index contributed by atoms with van der Waals surface area (Å²) in [5.74, 6) is 1.74. The van der Waals surface area contributed by atoms with Crippen LogP contribution in [0.2, 0.25) is 0 Å². The molecule has 11 nitrogen and oxygen atoms in total. The SMILES string of the molecule is COc1ccc(C(OC[C@H]2O[C@@H](n3ccc(=O)[nH]c3=O)[C@H](OCOCSC)[C@@H]2O)(c2ccccc2)c2ccc(OC)cc2)cc1. The molecule has 3 aromatic carbocycles. The standard InChI is InChI=1S/C33H36N2O9S/c1-39-25-13-9-23(10-14-25)33(22-7-5-4-6-8-22,24-11-15-26(40-2)16-12-24)43-19-27-29(37)30(42-20-41-21-45-3)31(44-27)35-18-17-28(36)34-32(35)38/h4-18,27,29-31,37H,19-21H2,1-3H3,(H,34,36,38)/t27-,29-,30-,31-/m1/s1. The van der Waals surface area contributed by atoms with E-state index >= 15 is 0 Å². The number of hydrogen-bond donors (Lipinski definition) is 2. The summed E-state index contributed by atoms with van der Waals surface area (Å²) in [4.78, 5) is 26.7. The number of aliphatic hydroxyl groups is 1. The van der Waals surface area contributed by atoms with Crippen molar-refractivity contribution in [3.63, 3.8) is 0 Å². The number of aliphatic hydroxyl groups excluding tert-OH is 1. The lowest BCUT2D eigenvalue weighted by Crippen LogP contribution is -2.41. The van der Waals surface area contributed by atoms with Crippen molar-refractivity contribution in [2.24, 2.45) is 0 Å². The molecule has 0 amide bonds. The number of benzene rings is 3. The van der Waals surface area contributed by atoms with Crippen LogP contribution in [0.5, 0.6) is 11.5 Å². The molecule has 0 aliphatic carbocycles. The van der Waals surface area contributed by atoms with Crippen LogP contribution < -0.4 is 20.7 Å². The Balaban J connectivity index is 1.54. The van der Waals surface area contributed by atoms with E-state index in [1.807, 2.05) is 85.1 Å². The number of hydrogen-bond acceptors (Lipinski definition) is 10. The van der Waals surface area contributed by atoms with Crippen LogP contribution in [0.15, 0.2) is 101 Å². The van der Waals surface area contributed by atoms with Gasteiger partial charge in [-0.25, -0.2) is 4.79 Å². The Morgan fingerprint density at radius 2 is 1.49 bits per heavy atom. The van der Waals surface area contributed by atoms with Gasteiger partial charge in [0, 0.05) is 12.3 Å². The van der Waals surface area contributed by atoms with E-state index in [0.29, 0.717) is 17.4 Å². The van der Waals surface area contributed by atoms with Gasteiger partial charge in [-0.15, -0.1) is 11.8 Å². The van der Waals surface area contributed by atoms with Gasteiger partial charge in [0.1, 0.15) is 42.2 Å². The van der Waals surface area contributed by atoms with E-state index in [-0.39, 0.29) is 13.4 Å². The van der Waals surface area contributed by atoms with Crippen molar-refractivity contribution >= 4 is 11.8 Å². The highest BCUT2D eigenvalue weighted by molar-refractivity contribution is 7.98. The summed E-state index contributed by atoms with van der Waals surface area (Å²) >= 11 is 1.47. The molecule has 0 saturated carbocycles. The molecule has 2 heterocycles. The van der Waals surface area contributed by atoms with Gasteiger partial charge >= 0.3 is 5.69 Å². The molecular weight excluding hydrogens is 600 g/mol. The molecule has 1 fully saturated rings. The number of ether oxygens (including phenoxy) is 6. The van der Waals surface area contributed by atoms with E-state index in [1.54, 1.807) is 14.2 Å². The van der Waals surface area contributed by atoms with Crippen LogP contribution in [0.4, 0.5) is 0 Å². The minimum atomic E-state index is -1.22. The maximum Gasteiger partial charge on any atom is 0.330 e. The van der Waals surface area contributed by atoms with Crippen LogP contribution in [0.25, 0.3) is 0 Å². The number of H-pyrrole nitrogens is 1. The second kappa shape index (κ2) is 14.9. The highest BCUT2D eigenvalue weighted by Crippen LogP contribution is 2.43. The summed E-state index contributed by atoms with van der Waals surface area (Å²) in [6.07, 6.45) is -1.02. The zero-order chi connectivity index (χ0) is 31.8. The maximum absolute atomic E-state index is 12.7. The molecule has 0 spiro atoms. The van der Waals surface area contributed by atoms with E-state index in [2.05, 4.69) is 4.98 Å². The zero-order valence-corrected chi connectivity index (χ0v) is 26.0. The molecule has 2 N–H and O–H groups in total. The molecule has 4 aromatic rings. The number of thioether (sulfide) groups is 1. The summed E-state index contributed by atoms with van der Waals surface area (Å²) in [6.45, 7) is -0.242. The minimum Gasteiger partial charge on any atom is -0.497 e. The van der Waals surface area contributed by atoms with Gasteiger partial charge in [0.15, 0.2) is 6.23 Å². The molecule has 1 aliphatic rings. The molecule has 45 heavy (non-hydrogen) atoms. The van der Waals surface area contributed by atoms with Crippen molar-refractivity contribution in [3.05, 3.63) is 129 Å². The summed E-state index contributed by atoms with van der Waals surface area (Å²) < 4.78 is 36.6. The van der Waals surface area contributed by atoms with E-state index < -0.39 is 41.4 Å². The molecule has 0 radical (unpaired) electrons. The van der Waals surface area contributed by atoms with Gasteiger partial charge in [-0.05, 0) is 47.2 Å². The Bertz CT molecular complexity index is 1580. The van der Waals surface area contributed by atoms with Crippen molar-refractivity contribution in [2.75, 3.05) is 39.8 Å². The molecule has 1 aliphatic heterocycles. The molecule has 1 saturated heterocycles. The molecule has 238 valence electrons. The van der Waals surface area contributed by atoms with E-state index in [0.717, 1.165) is 16.7 Å². The fourth-order valence-corrected chi connectivity index (χ4v) is 5.65. The largest absolute Gasteiger partial charge is 0.497 e. The van der Waals surface area contributed by atoms with Crippen LogP contribution in [0, 0.1) is 0 Å². The first-order valence-electron chi connectivity index (χ1n) is 14.2. The van der Waals surface area contributed by atoms with Crippen LogP contribution >= 0.6 is 11.8 Å². The average molecular weight is 637 g/mol. The smallest absolute Gasteiger partial charge is 0.330 e. The number of rotatable bonds is 14. The summed E-state index contributed by atoms with van der Waals surface area (Å²) in [6, 6.07) is 26.1. The summed E-state index contributed by atoms with van der Waals surface area (Å²) in [5, 5.41) is 11.5. The second-order valence-corrected chi connectivity index (χ2v) is 11.1. The van der Waals surface area contributed by atoms with Crippen molar-refractivity contribution < 1.29 is 33.5 Å². The first-order chi connectivity index (χ1) is 21.9. The normalized spacial score (nSPS) is 19.8. The van der Waals surface area contributed by atoms with Crippen molar-refractivity contribution in [1.29, 1.82) is 0 Å². The van der Waals surface area contributed by atoms with E-state index in [9.17, 15) is 14.7 Å². The Morgan fingerprint density at radius 1 is 0.889 bits per heavy atom. The van der Waals surface area contributed by atoms with Crippen molar-refractivity contribution in [2.45, 2.75) is 30.1 Å². The van der Waals surface area contributed by atoms with Gasteiger partial charge in [-0.1, -0.05) is 54.6 Å². The Labute approximate surface area is 264 Å². The van der Waals surface area contributed by atoms with Gasteiger partial charge in [-0.3, -0.25) is 14.3 Å². The quantitative estimate of drug-likeness (QED) is 0.121. The van der Waals surface area contributed by atoms with Gasteiger partial charge < -0.3 is 33.5 Å². The van der Waals surface area contributed by atoms with Crippen LogP contribution in [0.1, 0.15) is 22.9 Å². The third kappa shape index (κ3) is 7.01. The second-order valence-electron chi connectivity index (χ2n) is 10.2. The van der Waals surface area contributed by atoms with E-state index in [1.165, 1.54) is 28.6 Å². The molecule has 5 rings (SSSR count). The molecule has 12 heteroatoms. The van der Waals surface area contributed by atoms with Gasteiger partial charge in [0.2, 0.25) is 0 Å².